The molecular weight excluding hydrogens is 771 g/mol. The van der Waals surface area contributed by atoms with Gasteiger partial charge in [0.2, 0.25) is 0 Å². The maximum absolute atomic E-state index is 5.32. The van der Waals surface area contributed by atoms with Gasteiger partial charge in [-0.25, -0.2) is 15.0 Å². The summed E-state index contributed by atoms with van der Waals surface area (Å²) in [6.07, 6.45) is 0. The van der Waals surface area contributed by atoms with E-state index >= 15 is 0 Å². The smallest absolute Gasteiger partial charge is 0.164 e. The Labute approximate surface area is 363 Å². The summed E-state index contributed by atoms with van der Waals surface area (Å²) in [5.74, 6) is 1.91. The SMILES string of the molecule is c1ccc(-c2cccc(-c3nc(-c4ccc(-c5cccc6c5sc5ccccc56)cc4)nc(-c4ccc5c(c4)C4(c6ccccc6-c6ccccc64)c4ccccc4-5)n3)c2)cc1. The van der Waals surface area contributed by atoms with Gasteiger partial charge in [-0.3, -0.25) is 0 Å². The Morgan fingerprint density at radius 1 is 0.290 bits per heavy atom. The van der Waals surface area contributed by atoms with Crippen molar-refractivity contribution in [1.29, 1.82) is 0 Å². The number of thiophene rings is 1. The van der Waals surface area contributed by atoms with Crippen molar-refractivity contribution in [2.24, 2.45) is 0 Å². The van der Waals surface area contributed by atoms with Crippen LogP contribution in [0.15, 0.2) is 212 Å². The Morgan fingerprint density at radius 2 is 0.758 bits per heavy atom. The molecule has 0 N–H and O–H groups in total. The third kappa shape index (κ3) is 5.14. The van der Waals surface area contributed by atoms with Crippen LogP contribution in [0.2, 0.25) is 0 Å². The van der Waals surface area contributed by atoms with E-state index in [1.807, 2.05) is 17.4 Å². The largest absolute Gasteiger partial charge is 0.208 e. The summed E-state index contributed by atoms with van der Waals surface area (Å²) in [5.41, 5.74) is 17.3. The maximum Gasteiger partial charge on any atom is 0.164 e. The van der Waals surface area contributed by atoms with Crippen molar-refractivity contribution in [3.63, 3.8) is 0 Å². The van der Waals surface area contributed by atoms with Gasteiger partial charge in [-0.15, -0.1) is 11.3 Å². The molecule has 0 fully saturated rings. The fourth-order valence-electron chi connectivity index (χ4n) is 10.2. The lowest BCUT2D eigenvalue weighted by Crippen LogP contribution is -2.25. The summed E-state index contributed by atoms with van der Waals surface area (Å²) in [6.45, 7) is 0. The van der Waals surface area contributed by atoms with Crippen molar-refractivity contribution in [2.45, 2.75) is 5.41 Å². The predicted octanol–water partition coefficient (Wildman–Crippen LogP) is 14.9. The molecule has 2 aromatic heterocycles. The third-order valence-electron chi connectivity index (χ3n) is 13.0. The normalized spacial score (nSPS) is 13.0. The zero-order chi connectivity index (χ0) is 40.8. The second kappa shape index (κ2) is 13.6. The molecule has 2 heterocycles. The average molecular weight is 806 g/mol. The quantitative estimate of drug-likeness (QED) is 0.174. The molecule has 0 atom stereocenters. The summed E-state index contributed by atoms with van der Waals surface area (Å²) >= 11 is 1.85. The summed E-state index contributed by atoms with van der Waals surface area (Å²) < 4.78 is 2.60. The zero-order valence-corrected chi connectivity index (χ0v) is 34.3. The van der Waals surface area contributed by atoms with Gasteiger partial charge < -0.3 is 0 Å². The molecule has 2 aliphatic carbocycles. The number of nitrogens with zero attached hydrogens (tertiary/aromatic N) is 3. The van der Waals surface area contributed by atoms with E-state index in [2.05, 4.69) is 206 Å². The van der Waals surface area contributed by atoms with Crippen molar-refractivity contribution in [1.82, 2.24) is 15.0 Å². The van der Waals surface area contributed by atoms with Crippen LogP contribution in [-0.4, -0.2) is 15.0 Å². The summed E-state index contributed by atoms with van der Waals surface area (Å²) in [6, 6.07) is 76.7. The van der Waals surface area contributed by atoms with Gasteiger partial charge in [-0.2, -0.15) is 0 Å². The molecule has 0 amide bonds. The second-order valence-electron chi connectivity index (χ2n) is 16.3. The van der Waals surface area contributed by atoms with E-state index in [0.717, 1.165) is 33.4 Å². The molecule has 0 unspecified atom stereocenters. The van der Waals surface area contributed by atoms with E-state index in [1.165, 1.54) is 70.2 Å². The highest BCUT2D eigenvalue weighted by Gasteiger charge is 2.51. The molecule has 0 bridgehead atoms. The van der Waals surface area contributed by atoms with Gasteiger partial charge in [-0.05, 0) is 85.0 Å². The molecule has 0 saturated heterocycles. The van der Waals surface area contributed by atoms with Crippen LogP contribution >= 0.6 is 11.3 Å². The lowest BCUT2D eigenvalue weighted by molar-refractivity contribution is 0.794. The fraction of sp³-hybridized carbons (Fsp3) is 0.0172. The van der Waals surface area contributed by atoms with Gasteiger partial charge in [0.1, 0.15) is 0 Å². The molecular formula is C58H35N3S. The highest BCUT2D eigenvalue weighted by molar-refractivity contribution is 7.26. The average Bonchev–Trinajstić information content (AvgIpc) is 3.98. The van der Waals surface area contributed by atoms with Gasteiger partial charge in [0.05, 0.1) is 5.41 Å². The van der Waals surface area contributed by atoms with Crippen LogP contribution in [0.1, 0.15) is 22.3 Å². The fourth-order valence-corrected chi connectivity index (χ4v) is 11.5. The molecule has 0 radical (unpaired) electrons. The first kappa shape index (κ1) is 35.0. The highest BCUT2D eigenvalue weighted by atomic mass is 32.1. The lowest BCUT2D eigenvalue weighted by Gasteiger charge is -2.30. The maximum atomic E-state index is 5.32. The van der Waals surface area contributed by atoms with Crippen molar-refractivity contribution in [2.75, 3.05) is 0 Å². The molecule has 11 aromatic rings. The van der Waals surface area contributed by atoms with Gasteiger partial charge in [0.25, 0.3) is 0 Å². The number of rotatable bonds is 5. The van der Waals surface area contributed by atoms with Crippen molar-refractivity contribution >= 4 is 31.5 Å². The molecule has 2 aliphatic rings. The molecule has 1 spiro atoms. The number of benzene rings is 9. The topological polar surface area (TPSA) is 38.7 Å². The van der Waals surface area contributed by atoms with Crippen LogP contribution in [-0.2, 0) is 5.41 Å². The zero-order valence-electron chi connectivity index (χ0n) is 33.5. The van der Waals surface area contributed by atoms with Crippen LogP contribution in [0.5, 0.6) is 0 Å². The molecule has 0 aliphatic heterocycles. The first-order valence-electron chi connectivity index (χ1n) is 21.1. The summed E-state index contributed by atoms with van der Waals surface area (Å²) in [5, 5.41) is 2.59. The second-order valence-corrected chi connectivity index (χ2v) is 17.3. The molecule has 3 nitrogen and oxygen atoms in total. The summed E-state index contributed by atoms with van der Waals surface area (Å²) in [7, 11) is 0. The van der Waals surface area contributed by atoms with Gasteiger partial charge in [0, 0.05) is 36.9 Å². The predicted molar refractivity (Wildman–Crippen MR) is 256 cm³/mol. The molecule has 288 valence electrons. The third-order valence-corrected chi connectivity index (χ3v) is 14.2. The van der Waals surface area contributed by atoms with E-state index in [9.17, 15) is 0 Å². The Kier molecular flexibility index (Phi) is 7.69. The van der Waals surface area contributed by atoms with Crippen LogP contribution < -0.4 is 0 Å². The molecule has 62 heavy (non-hydrogen) atoms. The van der Waals surface area contributed by atoms with Crippen LogP contribution in [0.3, 0.4) is 0 Å². The number of aromatic nitrogens is 3. The minimum absolute atomic E-state index is 0.467. The van der Waals surface area contributed by atoms with E-state index in [0.29, 0.717) is 17.5 Å². The van der Waals surface area contributed by atoms with E-state index < -0.39 is 5.41 Å². The molecule has 0 saturated carbocycles. The van der Waals surface area contributed by atoms with Crippen LogP contribution in [0, 0.1) is 0 Å². The van der Waals surface area contributed by atoms with Crippen LogP contribution in [0.4, 0.5) is 0 Å². The van der Waals surface area contributed by atoms with Crippen LogP contribution in [0.25, 0.3) is 98.8 Å². The lowest BCUT2D eigenvalue weighted by atomic mass is 9.70. The first-order chi connectivity index (χ1) is 30.7. The first-order valence-corrected chi connectivity index (χ1v) is 21.9. The minimum atomic E-state index is -0.467. The Bertz CT molecular complexity index is 3520. The number of fused-ring (bicyclic) bond motifs is 13. The summed E-state index contributed by atoms with van der Waals surface area (Å²) in [4.78, 5) is 15.9. The number of hydrogen-bond acceptors (Lipinski definition) is 4. The molecule has 13 rings (SSSR count). The standard InChI is InChI=1S/C58H35N3S/c1-2-14-36(15-3-1)39-16-12-17-40(34-39)56-59-55(38-30-28-37(29-31-38)42-22-13-23-48-47-21-7-11-27-53(47)62-54(42)48)60-57(61-56)41-32-33-46-45-20-6-10-26-51(45)58(52(46)35-41)49-24-8-4-18-43(49)44-19-5-9-25-50(44)58/h1-35H. The van der Waals surface area contributed by atoms with E-state index in [4.69, 9.17) is 15.0 Å². The van der Waals surface area contributed by atoms with Gasteiger partial charge >= 0.3 is 0 Å². The van der Waals surface area contributed by atoms with E-state index in [-0.39, 0.29) is 0 Å². The molecule has 9 aromatic carbocycles. The van der Waals surface area contributed by atoms with Gasteiger partial charge in [-0.1, -0.05) is 194 Å². The van der Waals surface area contributed by atoms with Gasteiger partial charge in [0.15, 0.2) is 17.5 Å². The van der Waals surface area contributed by atoms with Crippen molar-refractivity contribution < 1.29 is 0 Å². The molecule has 4 heteroatoms. The van der Waals surface area contributed by atoms with E-state index in [1.54, 1.807) is 0 Å². The van der Waals surface area contributed by atoms with Crippen molar-refractivity contribution in [3.05, 3.63) is 235 Å². The number of hydrogen-bond donors (Lipinski definition) is 0. The Hall–Kier alpha value is -7.79. The Morgan fingerprint density at radius 3 is 1.45 bits per heavy atom. The highest BCUT2D eigenvalue weighted by Crippen LogP contribution is 2.63. The monoisotopic (exact) mass is 805 g/mol. The minimum Gasteiger partial charge on any atom is -0.208 e. The Balaban J connectivity index is 0.992. The van der Waals surface area contributed by atoms with Crippen molar-refractivity contribution in [3.8, 4) is 78.7 Å².